The van der Waals surface area contributed by atoms with Gasteiger partial charge in [0.1, 0.15) is 5.69 Å². The quantitative estimate of drug-likeness (QED) is 0.876. The molecule has 1 unspecified atom stereocenters. The molecule has 2 aliphatic rings. The molecule has 0 bridgehead atoms. The molecule has 1 saturated carbocycles. The first-order valence-electron chi connectivity index (χ1n) is 8.45. The lowest BCUT2D eigenvalue weighted by atomic mass is 10.1. The van der Waals surface area contributed by atoms with Gasteiger partial charge < -0.3 is 10.2 Å². The summed E-state index contributed by atoms with van der Waals surface area (Å²) in [5.74, 6) is -3.46. The normalized spacial score (nSPS) is 23.2. The highest BCUT2D eigenvalue weighted by Crippen LogP contribution is 2.64. The summed E-state index contributed by atoms with van der Waals surface area (Å²) in [5.41, 5.74) is 0.704. The van der Waals surface area contributed by atoms with Crippen LogP contribution in [0.2, 0.25) is 0 Å². The lowest BCUT2D eigenvalue weighted by Crippen LogP contribution is -2.39. The number of benzene rings is 1. The zero-order valence-electron chi connectivity index (χ0n) is 14.0. The molecule has 2 N–H and O–H groups in total. The highest BCUT2D eigenvalue weighted by molar-refractivity contribution is 5.95. The summed E-state index contributed by atoms with van der Waals surface area (Å²) < 4.78 is 26.8. The largest absolute Gasteiger partial charge is 0.342 e. The first kappa shape index (κ1) is 16.7. The second kappa shape index (κ2) is 5.89. The summed E-state index contributed by atoms with van der Waals surface area (Å²) in [6.45, 7) is 0.156. The molecule has 6 nitrogen and oxygen atoms in total. The van der Waals surface area contributed by atoms with Gasteiger partial charge in [-0.1, -0.05) is 30.3 Å². The van der Waals surface area contributed by atoms with Crippen molar-refractivity contribution < 1.29 is 18.4 Å². The third-order valence-corrected chi connectivity index (χ3v) is 5.21. The van der Waals surface area contributed by atoms with Crippen molar-refractivity contribution in [1.82, 2.24) is 20.4 Å². The first-order chi connectivity index (χ1) is 12.4. The predicted octanol–water partition coefficient (Wildman–Crippen LogP) is 2.06. The van der Waals surface area contributed by atoms with Crippen LogP contribution >= 0.6 is 0 Å². The van der Waals surface area contributed by atoms with Crippen LogP contribution in [0.15, 0.2) is 36.4 Å². The highest BCUT2D eigenvalue weighted by atomic mass is 19.3. The number of nitrogens with one attached hydrogen (secondary N) is 2. The number of rotatable bonds is 4. The fourth-order valence-electron chi connectivity index (χ4n) is 3.47. The third-order valence-electron chi connectivity index (χ3n) is 5.21. The average molecular weight is 360 g/mol. The Kier molecular flexibility index (Phi) is 3.78. The number of amides is 2. The van der Waals surface area contributed by atoms with Crippen LogP contribution < -0.4 is 5.32 Å². The van der Waals surface area contributed by atoms with Crippen LogP contribution in [0.5, 0.6) is 0 Å². The van der Waals surface area contributed by atoms with Crippen molar-refractivity contribution in [2.24, 2.45) is 5.41 Å². The van der Waals surface area contributed by atoms with Crippen LogP contribution in [-0.4, -0.2) is 52.5 Å². The molecule has 1 aromatic heterocycles. The summed E-state index contributed by atoms with van der Waals surface area (Å²) in [6.07, 6.45) is 0.174. The molecule has 1 aliphatic heterocycles. The molecule has 1 aromatic carbocycles. The standard InChI is InChI=1S/C18H18F2N4O2/c19-18(20)10-17(18)6-7-24(11-17)15(25)9-21-16(26)14-8-13(22-23-14)12-4-2-1-3-5-12/h1-5,8H,6-7,9-11H2,(H,21,26)(H,22,23). The second-order valence-electron chi connectivity index (χ2n) is 6.94. The van der Waals surface area contributed by atoms with E-state index in [1.54, 1.807) is 6.07 Å². The van der Waals surface area contributed by atoms with E-state index in [2.05, 4.69) is 15.5 Å². The summed E-state index contributed by atoms with van der Waals surface area (Å²) >= 11 is 0. The Hall–Kier alpha value is -2.77. The Labute approximate surface area is 148 Å². The number of carbonyl (C=O) groups excluding carboxylic acids is 2. The molecule has 136 valence electrons. The van der Waals surface area contributed by atoms with E-state index < -0.39 is 17.2 Å². The molecule has 26 heavy (non-hydrogen) atoms. The molecule has 8 heteroatoms. The van der Waals surface area contributed by atoms with Crippen molar-refractivity contribution in [2.45, 2.75) is 18.8 Å². The maximum atomic E-state index is 13.4. The number of aromatic amines is 1. The maximum absolute atomic E-state index is 13.4. The number of alkyl halides is 2. The van der Waals surface area contributed by atoms with Crippen LogP contribution in [0.25, 0.3) is 11.3 Å². The predicted molar refractivity (Wildman–Crippen MR) is 89.6 cm³/mol. The van der Waals surface area contributed by atoms with E-state index in [0.717, 1.165) is 5.56 Å². The molecule has 2 heterocycles. The van der Waals surface area contributed by atoms with E-state index in [-0.39, 0.29) is 31.1 Å². The monoisotopic (exact) mass is 360 g/mol. The van der Waals surface area contributed by atoms with Gasteiger partial charge in [0.2, 0.25) is 5.91 Å². The fourth-order valence-corrected chi connectivity index (χ4v) is 3.47. The number of nitrogens with zero attached hydrogens (tertiary/aromatic N) is 2. The molecule has 1 aliphatic carbocycles. The topological polar surface area (TPSA) is 78.1 Å². The van der Waals surface area contributed by atoms with Crippen molar-refractivity contribution in [3.63, 3.8) is 0 Å². The molecule has 2 fully saturated rings. The first-order valence-corrected chi connectivity index (χ1v) is 8.45. The summed E-state index contributed by atoms with van der Waals surface area (Å²) in [6, 6.07) is 11.0. The molecule has 1 spiro atoms. The zero-order chi connectivity index (χ0) is 18.4. The molecule has 0 radical (unpaired) electrons. The minimum Gasteiger partial charge on any atom is -0.342 e. The number of carbonyl (C=O) groups is 2. The molecular weight excluding hydrogens is 342 g/mol. The van der Waals surface area contributed by atoms with E-state index in [1.165, 1.54) is 4.90 Å². The van der Waals surface area contributed by atoms with Gasteiger partial charge in [-0.3, -0.25) is 14.7 Å². The van der Waals surface area contributed by atoms with Crippen molar-refractivity contribution in [3.8, 4) is 11.3 Å². The van der Waals surface area contributed by atoms with E-state index in [1.807, 2.05) is 30.3 Å². The minimum atomic E-state index is -2.66. The van der Waals surface area contributed by atoms with Crippen molar-refractivity contribution in [2.75, 3.05) is 19.6 Å². The summed E-state index contributed by atoms with van der Waals surface area (Å²) in [7, 11) is 0. The van der Waals surface area contributed by atoms with Gasteiger partial charge in [-0.05, 0) is 12.5 Å². The van der Waals surface area contributed by atoms with E-state index in [9.17, 15) is 18.4 Å². The second-order valence-corrected chi connectivity index (χ2v) is 6.94. The Morgan fingerprint density at radius 2 is 2.00 bits per heavy atom. The number of likely N-dealkylation sites (tertiary alicyclic amines) is 1. The van der Waals surface area contributed by atoms with Gasteiger partial charge in [0.25, 0.3) is 11.8 Å². The van der Waals surface area contributed by atoms with Gasteiger partial charge in [-0.2, -0.15) is 5.10 Å². The number of hydrogen-bond acceptors (Lipinski definition) is 3. The van der Waals surface area contributed by atoms with Gasteiger partial charge >= 0.3 is 0 Å². The fraction of sp³-hybridized carbons (Fsp3) is 0.389. The van der Waals surface area contributed by atoms with Crippen molar-refractivity contribution in [3.05, 3.63) is 42.1 Å². The summed E-state index contributed by atoms with van der Waals surface area (Å²) in [4.78, 5) is 25.8. The van der Waals surface area contributed by atoms with E-state index in [0.29, 0.717) is 18.7 Å². The Morgan fingerprint density at radius 3 is 2.65 bits per heavy atom. The Balaban J connectivity index is 1.32. The van der Waals surface area contributed by atoms with Crippen molar-refractivity contribution >= 4 is 11.8 Å². The van der Waals surface area contributed by atoms with Gasteiger partial charge in [-0.15, -0.1) is 0 Å². The van der Waals surface area contributed by atoms with Crippen LogP contribution in [0.4, 0.5) is 8.78 Å². The minimum absolute atomic E-state index is 0.0664. The lowest BCUT2D eigenvalue weighted by Gasteiger charge is -2.16. The molecule has 4 rings (SSSR count). The van der Waals surface area contributed by atoms with Gasteiger partial charge in [0.15, 0.2) is 0 Å². The Morgan fingerprint density at radius 1 is 1.27 bits per heavy atom. The van der Waals surface area contributed by atoms with Crippen molar-refractivity contribution in [1.29, 1.82) is 0 Å². The third kappa shape index (κ3) is 2.85. The molecule has 1 saturated heterocycles. The van der Waals surface area contributed by atoms with Gasteiger partial charge in [-0.25, -0.2) is 8.78 Å². The number of hydrogen-bond donors (Lipinski definition) is 2. The lowest BCUT2D eigenvalue weighted by molar-refractivity contribution is -0.129. The van der Waals surface area contributed by atoms with Crippen LogP contribution in [0, 0.1) is 5.41 Å². The van der Waals surface area contributed by atoms with Crippen LogP contribution in [0.3, 0.4) is 0 Å². The maximum Gasteiger partial charge on any atom is 0.269 e. The van der Waals surface area contributed by atoms with E-state index >= 15 is 0 Å². The average Bonchev–Trinajstić information content (AvgIpc) is 3.06. The summed E-state index contributed by atoms with van der Waals surface area (Å²) in [5, 5.41) is 9.26. The molecular formula is C18H18F2N4O2. The highest BCUT2D eigenvalue weighted by Gasteiger charge is 2.72. The molecule has 1 atom stereocenters. The number of halogens is 2. The van der Waals surface area contributed by atoms with Gasteiger partial charge in [0.05, 0.1) is 17.7 Å². The number of H-pyrrole nitrogens is 1. The SMILES string of the molecule is O=C(NCC(=O)N1CCC2(C1)CC2(F)F)c1cc(-c2ccccc2)n[nH]1. The smallest absolute Gasteiger partial charge is 0.269 e. The van der Waals surface area contributed by atoms with E-state index in [4.69, 9.17) is 0 Å². The molecule has 2 amide bonds. The zero-order valence-corrected chi connectivity index (χ0v) is 14.0. The van der Waals surface area contributed by atoms with Crippen LogP contribution in [-0.2, 0) is 4.79 Å². The van der Waals surface area contributed by atoms with Crippen LogP contribution in [0.1, 0.15) is 23.3 Å². The Bertz CT molecular complexity index is 852. The number of aromatic nitrogens is 2. The molecule has 2 aromatic rings. The van der Waals surface area contributed by atoms with Gasteiger partial charge in [0, 0.05) is 25.1 Å².